The summed E-state index contributed by atoms with van der Waals surface area (Å²) >= 11 is 0. The van der Waals surface area contributed by atoms with Crippen LogP contribution in [0.4, 0.5) is 11.4 Å². The van der Waals surface area contributed by atoms with Gasteiger partial charge in [0.1, 0.15) is 0 Å². The second kappa shape index (κ2) is 8.32. The Bertz CT molecular complexity index is 943. The van der Waals surface area contributed by atoms with E-state index < -0.39 is 10.0 Å². The highest BCUT2D eigenvalue weighted by Crippen LogP contribution is 2.29. The molecule has 28 heavy (non-hydrogen) atoms. The molecule has 0 N–H and O–H groups in total. The van der Waals surface area contributed by atoms with Crippen molar-refractivity contribution in [2.24, 2.45) is 0 Å². The molecule has 0 atom stereocenters. The smallest absolute Gasteiger partial charge is 0.264 e. The summed E-state index contributed by atoms with van der Waals surface area (Å²) in [4.78, 5) is 16.0. The van der Waals surface area contributed by atoms with Crippen LogP contribution in [0.15, 0.2) is 53.4 Å². The lowest BCUT2D eigenvalue weighted by Gasteiger charge is -2.27. The van der Waals surface area contributed by atoms with Gasteiger partial charge < -0.3 is 9.80 Å². The third-order valence-electron chi connectivity index (χ3n) is 4.91. The molecule has 1 fully saturated rings. The van der Waals surface area contributed by atoms with Crippen molar-refractivity contribution in [3.05, 3.63) is 54.1 Å². The number of aryl methyl sites for hydroxylation is 1. The molecule has 1 aliphatic rings. The molecule has 0 bridgehead atoms. The molecule has 2 aromatic rings. The molecule has 2 aromatic carbocycles. The molecule has 3 rings (SSSR count). The van der Waals surface area contributed by atoms with Crippen LogP contribution in [0.1, 0.15) is 18.4 Å². The number of sulfonamides is 1. The van der Waals surface area contributed by atoms with E-state index in [9.17, 15) is 13.2 Å². The van der Waals surface area contributed by atoms with E-state index in [0.29, 0.717) is 37.3 Å². The third kappa shape index (κ3) is 4.20. The van der Waals surface area contributed by atoms with E-state index in [-0.39, 0.29) is 10.8 Å². The van der Waals surface area contributed by atoms with Gasteiger partial charge in [-0.15, -0.1) is 0 Å². The quantitative estimate of drug-likeness (QED) is 0.716. The molecule has 1 aliphatic heterocycles. The Morgan fingerprint density at radius 1 is 1.04 bits per heavy atom. The minimum atomic E-state index is -3.73. The lowest BCUT2D eigenvalue weighted by Crippen LogP contribution is -2.37. The lowest BCUT2D eigenvalue weighted by atomic mass is 10.2. The normalized spacial score (nSPS) is 14.7. The number of likely N-dealkylation sites (N-methyl/N-ethyl adjacent to an activating group) is 1. The molecule has 1 saturated heterocycles. The van der Waals surface area contributed by atoms with Crippen LogP contribution in [0.25, 0.3) is 0 Å². The summed E-state index contributed by atoms with van der Waals surface area (Å²) in [6.45, 7) is 3.42. The van der Waals surface area contributed by atoms with Gasteiger partial charge in [-0.1, -0.05) is 18.2 Å². The predicted octanol–water partition coefficient (Wildman–Crippen LogP) is 2.88. The van der Waals surface area contributed by atoms with Gasteiger partial charge in [-0.05, 0) is 63.3 Å². The summed E-state index contributed by atoms with van der Waals surface area (Å²) < 4.78 is 28.4. The van der Waals surface area contributed by atoms with Gasteiger partial charge in [0.15, 0.2) is 0 Å². The molecule has 0 aromatic heterocycles. The topological polar surface area (TPSA) is 60.9 Å². The van der Waals surface area contributed by atoms with Crippen molar-refractivity contribution in [3.8, 4) is 0 Å². The standard InChI is InChI=1S/C21H27N3O3S/c1-17-16-19(23-13-7-10-21(23)25)11-12-20(17)28(26,27)24(15-14-22(2)3)18-8-5-4-6-9-18/h4-6,8-9,11-12,16H,7,10,13-15H2,1-3H3. The average molecular weight is 402 g/mol. The van der Waals surface area contributed by atoms with E-state index in [1.165, 1.54) is 4.31 Å². The number of nitrogens with zero attached hydrogens (tertiary/aromatic N) is 3. The first-order chi connectivity index (χ1) is 13.3. The van der Waals surface area contributed by atoms with Crippen molar-refractivity contribution in [1.82, 2.24) is 4.90 Å². The summed E-state index contributed by atoms with van der Waals surface area (Å²) in [5.41, 5.74) is 2.05. The van der Waals surface area contributed by atoms with Gasteiger partial charge in [0.25, 0.3) is 10.0 Å². The van der Waals surface area contributed by atoms with E-state index in [0.717, 1.165) is 12.1 Å². The Morgan fingerprint density at radius 3 is 2.32 bits per heavy atom. The highest BCUT2D eigenvalue weighted by molar-refractivity contribution is 7.92. The van der Waals surface area contributed by atoms with Gasteiger partial charge >= 0.3 is 0 Å². The molecule has 6 nitrogen and oxygen atoms in total. The number of hydrogen-bond donors (Lipinski definition) is 0. The molecule has 0 saturated carbocycles. The molecule has 0 unspecified atom stereocenters. The summed E-state index contributed by atoms with van der Waals surface area (Å²) in [5, 5.41) is 0. The maximum Gasteiger partial charge on any atom is 0.264 e. The minimum Gasteiger partial charge on any atom is -0.312 e. The van der Waals surface area contributed by atoms with Crippen LogP contribution in [0.3, 0.4) is 0 Å². The number of carbonyl (C=O) groups excluding carboxylic acids is 1. The first kappa shape index (κ1) is 20.4. The molecule has 0 aliphatic carbocycles. The van der Waals surface area contributed by atoms with Crippen molar-refractivity contribution in [2.45, 2.75) is 24.7 Å². The Kier molecular flexibility index (Phi) is 6.05. The van der Waals surface area contributed by atoms with Gasteiger partial charge in [0.05, 0.1) is 10.6 Å². The second-order valence-electron chi connectivity index (χ2n) is 7.31. The van der Waals surface area contributed by atoms with E-state index >= 15 is 0 Å². The highest BCUT2D eigenvalue weighted by atomic mass is 32.2. The summed E-state index contributed by atoms with van der Waals surface area (Å²) in [7, 11) is 0.108. The molecule has 0 radical (unpaired) electrons. The van der Waals surface area contributed by atoms with Crippen LogP contribution in [0, 0.1) is 6.92 Å². The van der Waals surface area contributed by atoms with E-state index in [4.69, 9.17) is 0 Å². The fourth-order valence-electron chi connectivity index (χ4n) is 3.40. The van der Waals surface area contributed by atoms with Crippen LogP contribution < -0.4 is 9.21 Å². The minimum absolute atomic E-state index is 0.0897. The zero-order valence-corrected chi connectivity index (χ0v) is 17.4. The van der Waals surface area contributed by atoms with Crippen LogP contribution >= 0.6 is 0 Å². The molecule has 1 heterocycles. The predicted molar refractivity (Wildman–Crippen MR) is 112 cm³/mol. The van der Waals surface area contributed by atoms with Crippen molar-refractivity contribution in [2.75, 3.05) is 42.9 Å². The van der Waals surface area contributed by atoms with Crippen LogP contribution in [-0.2, 0) is 14.8 Å². The summed E-state index contributed by atoms with van der Waals surface area (Å²) in [6, 6.07) is 14.3. The Balaban J connectivity index is 1.97. The lowest BCUT2D eigenvalue weighted by molar-refractivity contribution is -0.117. The van der Waals surface area contributed by atoms with Crippen molar-refractivity contribution >= 4 is 27.3 Å². The average Bonchev–Trinajstić information content (AvgIpc) is 3.08. The number of hydrogen-bond acceptors (Lipinski definition) is 4. The number of benzene rings is 2. The van der Waals surface area contributed by atoms with Crippen molar-refractivity contribution < 1.29 is 13.2 Å². The monoisotopic (exact) mass is 401 g/mol. The van der Waals surface area contributed by atoms with Gasteiger partial charge in [-0.3, -0.25) is 9.10 Å². The summed E-state index contributed by atoms with van der Waals surface area (Å²) in [5.74, 6) is 0.0897. The Morgan fingerprint density at radius 2 is 1.75 bits per heavy atom. The maximum atomic E-state index is 13.5. The molecule has 7 heteroatoms. The number of anilines is 2. The zero-order chi connectivity index (χ0) is 20.3. The first-order valence-corrected chi connectivity index (χ1v) is 10.9. The molecular weight excluding hydrogens is 374 g/mol. The Hall–Kier alpha value is -2.38. The van der Waals surface area contributed by atoms with Crippen molar-refractivity contribution in [1.29, 1.82) is 0 Å². The molecular formula is C21H27N3O3S. The summed E-state index contributed by atoms with van der Waals surface area (Å²) in [6.07, 6.45) is 1.38. The fraction of sp³-hybridized carbons (Fsp3) is 0.381. The van der Waals surface area contributed by atoms with Crippen molar-refractivity contribution in [3.63, 3.8) is 0 Å². The zero-order valence-electron chi connectivity index (χ0n) is 16.6. The third-order valence-corrected chi connectivity index (χ3v) is 6.89. The van der Waals surface area contributed by atoms with E-state index in [1.54, 1.807) is 42.2 Å². The van der Waals surface area contributed by atoms with Crippen LogP contribution in [-0.4, -0.2) is 53.0 Å². The molecule has 0 spiro atoms. The van der Waals surface area contributed by atoms with Gasteiger partial charge in [-0.25, -0.2) is 8.42 Å². The fourth-order valence-corrected chi connectivity index (χ4v) is 5.07. The number of para-hydroxylation sites is 1. The van der Waals surface area contributed by atoms with Gasteiger partial charge in [0, 0.05) is 31.7 Å². The van der Waals surface area contributed by atoms with Crippen LogP contribution in [0.2, 0.25) is 0 Å². The van der Waals surface area contributed by atoms with Gasteiger partial charge in [0.2, 0.25) is 5.91 Å². The van der Waals surface area contributed by atoms with E-state index in [1.807, 2.05) is 37.2 Å². The van der Waals surface area contributed by atoms with E-state index in [2.05, 4.69) is 0 Å². The number of amides is 1. The number of carbonyl (C=O) groups is 1. The molecule has 1 amide bonds. The molecule has 150 valence electrons. The largest absolute Gasteiger partial charge is 0.312 e. The number of rotatable bonds is 7. The Labute approximate surface area is 167 Å². The maximum absolute atomic E-state index is 13.5. The first-order valence-electron chi connectivity index (χ1n) is 9.44. The highest BCUT2D eigenvalue weighted by Gasteiger charge is 2.28. The van der Waals surface area contributed by atoms with Gasteiger partial charge in [-0.2, -0.15) is 0 Å². The van der Waals surface area contributed by atoms with Crippen LogP contribution in [0.5, 0.6) is 0 Å². The second-order valence-corrected chi connectivity index (χ2v) is 9.15. The SMILES string of the molecule is Cc1cc(N2CCCC2=O)ccc1S(=O)(=O)N(CCN(C)C)c1ccccc1.